The van der Waals surface area contributed by atoms with Crippen LogP contribution in [0.3, 0.4) is 0 Å². The number of aromatic nitrogens is 1. The summed E-state index contributed by atoms with van der Waals surface area (Å²) in [6, 6.07) is 4.31. The first-order chi connectivity index (χ1) is 7.34. The summed E-state index contributed by atoms with van der Waals surface area (Å²) in [5, 5.41) is 3.47. The van der Waals surface area contributed by atoms with E-state index in [4.69, 9.17) is 5.73 Å². The third-order valence-electron chi connectivity index (χ3n) is 2.99. The summed E-state index contributed by atoms with van der Waals surface area (Å²) in [5.74, 6) is 0.918. The van der Waals surface area contributed by atoms with Crippen LogP contribution in [0.15, 0.2) is 18.3 Å². The molecule has 0 saturated heterocycles. The summed E-state index contributed by atoms with van der Waals surface area (Å²) in [4.78, 5) is 4.27. The quantitative estimate of drug-likeness (QED) is 0.730. The second kappa shape index (κ2) is 5.01. The normalized spacial score (nSPS) is 18.4. The first-order valence-electron chi connectivity index (χ1n) is 5.83. The van der Waals surface area contributed by atoms with E-state index in [1.165, 1.54) is 38.5 Å². The lowest BCUT2D eigenvalue weighted by atomic mass is 10.1. The fourth-order valence-electron chi connectivity index (χ4n) is 2.16. The summed E-state index contributed by atoms with van der Waals surface area (Å²) in [6.07, 6.45) is 9.70. The highest BCUT2D eigenvalue weighted by Crippen LogP contribution is 2.20. The Bertz CT molecular complexity index is 303. The van der Waals surface area contributed by atoms with Crippen LogP contribution in [0.4, 0.5) is 11.5 Å². The Kier molecular flexibility index (Phi) is 3.43. The van der Waals surface area contributed by atoms with E-state index >= 15 is 0 Å². The van der Waals surface area contributed by atoms with E-state index in [9.17, 15) is 0 Å². The van der Waals surface area contributed by atoms with E-state index in [1.807, 2.05) is 12.1 Å². The molecule has 0 aromatic carbocycles. The van der Waals surface area contributed by atoms with Crippen LogP contribution in [0.2, 0.25) is 0 Å². The van der Waals surface area contributed by atoms with E-state index in [2.05, 4.69) is 10.3 Å². The van der Waals surface area contributed by atoms with Gasteiger partial charge in [0, 0.05) is 24.0 Å². The standard InChI is InChI=1S/C12H19N3/c13-10-7-8-14-12(9-10)15-11-5-3-1-2-4-6-11/h7-9,11H,1-6H2,(H3,13,14,15). The van der Waals surface area contributed by atoms with Crippen molar-refractivity contribution in [3.05, 3.63) is 18.3 Å². The first-order valence-corrected chi connectivity index (χ1v) is 5.83. The number of pyridine rings is 1. The Labute approximate surface area is 91.1 Å². The monoisotopic (exact) mass is 205 g/mol. The summed E-state index contributed by atoms with van der Waals surface area (Å²) >= 11 is 0. The predicted molar refractivity (Wildman–Crippen MR) is 63.8 cm³/mol. The zero-order chi connectivity index (χ0) is 10.5. The van der Waals surface area contributed by atoms with Gasteiger partial charge in [-0.15, -0.1) is 0 Å². The van der Waals surface area contributed by atoms with Gasteiger partial charge in [0.25, 0.3) is 0 Å². The lowest BCUT2D eigenvalue weighted by Gasteiger charge is -2.16. The number of rotatable bonds is 2. The van der Waals surface area contributed by atoms with Crippen molar-refractivity contribution in [1.29, 1.82) is 0 Å². The molecule has 1 aromatic heterocycles. The molecule has 1 aliphatic carbocycles. The number of nitrogens with two attached hydrogens (primary N) is 1. The maximum Gasteiger partial charge on any atom is 0.128 e. The Morgan fingerprint density at radius 3 is 2.60 bits per heavy atom. The van der Waals surface area contributed by atoms with Gasteiger partial charge in [-0.05, 0) is 18.9 Å². The van der Waals surface area contributed by atoms with Gasteiger partial charge in [0.15, 0.2) is 0 Å². The summed E-state index contributed by atoms with van der Waals surface area (Å²) < 4.78 is 0. The molecule has 1 heterocycles. The van der Waals surface area contributed by atoms with Crippen LogP contribution in [-0.4, -0.2) is 11.0 Å². The van der Waals surface area contributed by atoms with Gasteiger partial charge in [0.05, 0.1) is 0 Å². The van der Waals surface area contributed by atoms with Gasteiger partial charge >= 0.3 is 0 Å². The second-order valence-electron chi connectivity index (χ2n) is 4.31. The molecule has 1 saturated carbocycles. The van der Waals surface area contributed by atoms with E-state index in [-0.39, 0.29) is 0 Å². The van der Waals surface area contributed by atoms with Crippen LogP contribution in [0.25, 0.3) is 0 Å². The van der Waals surface area contributed by atoms with Crippen molar-refractivity contribution in [2.45, 2.75) is 44.6 Å². The van der Waals surface area contributed by atoms with Gasteiger partial charge in [-0.2, -0.15) is 0 Å². The van der Waals surface area contributed by atoms with Crippen LogP contribution in [-0.2, 0) is 0 Å². The van der Waals surface area contributed by atoms with Crippen LogP contribution in [0.1, 0.15) is 38.5 Å². The minimum absolute atomic E-state index is 0.585. The van der Waals surface area contributed by atoms with Crippen molar-refractivity contribution in [1.82, 2.24) is 4.98 Å². The fraction of sp³-hybridized carbons (Fsp3) is 0.583. The largest absolute Gasteiger partial charge is 0.399 e. The number of hydrogen-bond donors (Lipinski definition) is 2. The SMILES string of the molecule is Nc1ccnc(NC2CCCCCC2)c1. The number of nitrogen functional groups attached to an aromatic ring is 1. The first kappa shape index (κ1) is 10.3. The number of nitrogens with one attached hydrogen (secondary N) is 1. The maximum absolute atomic E-state index is 5.71. The highest BCUT2D eigenvalue weighted by Gasteiger charge is 2.11. The molecule has 3 heteroatoms. The minimum Gasteiger partial charge on any atom is -0.399 e. The molecule has 0 bridgehead atoms. The molecule has 15 heavy (non-hydrogen) atoms. The molecule has 0 spiro atoms. The molecule has 1 aromatic rings. The van der Waals surface area contributed by atoms with E-state index in [0.29, 0.717) is 6.04 Å². The van der Waals surface area contributed by atoms with Gasteiger partial charge in [0.1, 0.15) is 5.82 Å². The lowest BCUT2D eigenvalue weighted by Crippen LogP contribution is -2.18. The Morgan fingerprint density at radius 1 is 1.20 bits per heavy atom. The van der Waals surface area contributed by atoms with Gasteiger partial charge in [0.2, 0.25) is 0 Å². The number of hydrogen-bond acceptors (Lipinski definition) is 3. The topological polar surface area (TPSA) is 50.9 Å². The molecule has 1 aliphatic rings. The van der Waals surface area contributed by atoms with E-state index in [1.54, 1.807) is 6.20 Å². The van der Waals surface area contributed by atoms with Crippen molar-refractivity contribution in [3.8, 4) is 0 Å². The van der Waals surface area contributed by atoms with E-state index < -0.39 is 0 Å². The van der Waals surface area contributed by atoms with Crippen LogP contribution in [0.5, 0.6) is 0 Å². The second-order valence-corrected chi connectivity index (χ2v) is 4.31. The Hall–Kier alpha value is -1.25. The molecule has 0 aliphatic heterocycles. The predicted octanol–water partition coefficient (Wildman–Crippen LogP) is 2.80. The average molecular weight is 205 g/mol. The van der Waals surface area contributed by atoms with Gasteiger partial charge in [-0.1, -0.05) is 25.7 Å². The molecule has 0 radical (unpaired) electrons. The smallest absolute Gasteiger partial charge is 0.128 e. The van der Waals surface area contributed by atoms with Gasteiger partial charge < -0.3 is 11.1 Å². The number of anilines is 2. The number of nitrogens with zero attached hydrogens (tertiary/aromatic N) is 1. The molecule has 3 N–H and O–H groups in total. The molecule has 82 valence electrons. The van der Waals surface area contributed by atoms with Crippen molar-refractivity contribution in [2.24, 2.45) is 0 Å². The highest BCUT2D eigenvalue weighted by atomic mass is 15.0. The summed E-state index contributed by atoms with van der Waals surface area (Å²) in [7, 11) is 0. The molecule has 3 nitrogen and oxygen atoms in total. The molecule has 2 rings (SSSR count). The van der Waals surface area contributed by atoms with Crippen molar-refractivity contribution in [3.63, 3.8) is 0 Å². The molecular formula is C12H19N3. The van der Waals surface area contributed by atoms with Crippen molar-refractivity contribution < 1.29 is 0 Å². The lowest BCUT2D eigenvalue weighted by molar-refractivity contribution is 0.618. The van der Waals surface area contributed by atoms with Crippen molar-refractivity contribution >= 4 is 11.5 Å². The Morgan fingerprint density at radius 2 is 1.93 bits per heavy atom. The Balaban J connectivity index is 1.95. The molecule has 0 unspecified atom stereocenters. The molecule has 1 fully saturated rings. The summed E-state index contributed by atoms with van der Waals surface area (Å²) in [5.41, 5.74) is 6.49. The van der Waals surface area contributed by atoms with Crippen molar-refractivity contribution in [2.75, 3.05) is 11.1 Å². The minimum atomic E-state index is 0.585. The molecule has 0 atom stereocenters. The van der Waals surface area contributed by atoms with Gasteiger partial charge in [-0.25, -0.2) is 4.98 Å². The third-order valence-corrected chi connectivity index (χ3v) is 2.99. The zero-order valence-corrected chi connectivity index (χ0v) is 9.08. The molecular weight excluding hydrogens is 186 g/mol. The maximum atomic E-state index is 5.71. The molecule has 0 amide bonds. The van der Waals surface area contributed by atoms with Gasteiger partial charge in [-0.3, -0.25) is 0 Å². The van der Waals surface area contributed by atoms with Crippen LogP contribution in [0, 0.1) is 0 Å². The van der Waals surface area contributed by atoms with Crippen LogP contribution < -0.4 is 11.1 Å². The van der Waals surface area contributed by atoms with E-state index in [0.717, 1.165) is 11.5 Å². The average Bonchev–Trinajstić information content (AvgIpc) is 2.46. The summed E-state index contributed by atoms with van der Waals surface area (Å²) in [6.45, 7) is 0. The van der Waals surface area contributed by atoms with Crippen LogP contribution >= 0.6 is 0 Å². The third kappa shape index (κ3) is 3.11. The highest BCUT2D eigenvalue weighted by molar-refractivity contribution is 5.48. The zero-order valence-electron chi connectivity index (χ0n) is 9.08. The fourth-order valence-corrected chi connectivity index (χ4v) is 2.16.